The number of halogens is 4. The van der Waals surface area contributed by atoms with Gasteiger partial charge in [-0.1, -0.05) is 46.6 Å². The number of carbonyl (C=O) groups excluding carboxylic acids is 1. The molecule has 0 radical (unpaired) electrons. The zero-order valence-electron chi connectivity index (χ0n) is 18.2. The molecule has 0 saturated heterocycles. The highest BCUT2D eigenvalue weighted by atomic mass is 35.5. The fourth-order valence-electron chi connectivity index (χ4n) is 3.95. The molecule has 0 aliphatic carbocycles. The monoisotopic (exact) mass is 496 g/mol. The van der Waals surface area contributed by atoms with Gasteiger partial charge in [-0.3, -0.25) is 9.78 Å². The predicted molar refractivity (Wildman–Crippen MR) is 123 cm³/mol. The van der Waals surface area contributed by atoms with Crippen molar-refractivity contribution >= 4 is 28.3 Å². The minimum atomic E-state index is -4.84. The van der Waals surface area contributed by atoms with E-state index in [1.54, 1.807) is 67.6 Å². The van der Waals surface area contributed by atoms with Crippen molar-refractivity contribution in [3.8, 4) is 11.6 Å². The van der Waals surface area contributed by atoms with Gasteiger partial charge in [0.25, 0.3) is 5.89 Å². The number of fused-ring (bicyclic) bond motifs is 1. The highest BCUT2D eigenvalue weighted by molar-refractivity contribution is 6.30. The first-order chi connectivity index (χ1) is 16.7. The van der Waals surface area contributed by atoms with E-state index in [1.807, 2.05) is 0 Å². The molecule has 2 aromatic carbocycles. The van der Waals surface area contributed by atoms with Gasteiger partial charge in [0, 0.05) is 28.7 Å². The second-order valence-electron chi connectivity index (χ2n) is 7.92. The van der Waals surface area contributed by atoms with Crippen molar-refractivity contribution in [1.29, 1.82) is 0 Å². The number of aromatic nitrogens is 4. The first kappa shape index (κ1) is 22.8. The maximum atomic E-state index is 14.5. The summed E-state index contributed by atoms with van der Waals surface area (Å²) in [6, 6.07) is 16.3. The Hall–Kier alpha value is -3.98. The number of hydrogen-bond acceptors (Lipinski definition) is 5. The maximum Gasteiger partial charge on any atom is 0.432 e. The summed E-state index contributed by atoms with van der Waals surface area (Å²) in [4.78, 5) is 21.6. The van der Waals surface area contributed by atoms with E-state index in [0.29, 0.717) is 21.8 Å². The fourth-order valence-corrected chi connectivity index (χ4v) is 4.08. The van der Waals surface area contributed by atoms with E-state index in [2.05, 4.69) is 15.1 Å². The van der Waals surface area contributed by atoms with Gasteiger partial charge in [0.1, 0.15) is 11.4 Å². The molecular weight excluding hydrogens is 481 g/mol. The topological polar surface area (TPSA) is 73.8 Å². The summed E-state index contributed by atoms with van der Waals surface area (Å²) >= 11 is 5.93. The van der Waals surface area contributed by atoms with Gasteiger partial charge < -0.3 is 9.09 Å². The molecule has 10 heteroatoms. The number of alkyl halides is 3. The number of rotatable bonds is 5. The van der Waals surface area contributed by atoms with Gasteiger partial charge in [0.15, 0.2) is 0 Å². The van der Waals surface area contributed by atoms with Gasteiger partial charge >= 0.3 is 6.18 Å². The molecule has 5 aromatic rings. The van der Waals surface area contributed by atoms with Gasteiger partial charge in [-0.25, -0.2) is 0 Å². The number of carbonyl (C=O) groups is 1. The van der Waals surface area contributed by atoms with E-state index in [-0.39, 0.29) is 23.3 Å². The Balaban J connectivity index is 1.70. The number of pyridine rings is 1. The van der Waals surface area contributed by atoms with Gasteiger partial charge in [-0.15, -0.1) is 0 Å². The zero-order chi connectivity index (χ0) is 24.7. The number of ketones is 1. The van der Waals surface area contributed by atoms with Crippen LogP contribution in [-0.4, -0.2) is 25.5 Å². The highest BCUT2D eigenvalue weighted by Gasteiger charge is 2.42. The Morgan fingerprint density at radius 3 is 2.54 bits per heavy atom. The molecule has 3 heterocycles. The molecule has 0 fully saturated rings. The van der Waals surface area contributed by atoms with Gasteiger partial charge in [-0.05, 0) is 48.9 Å². The quantitative estimate of drug-likeness (QED) is 0.265. The zero-order valence-corrected chi connectivity index (χ0v) is 18.9. The van der Waals surface area contributed by atoms with E-state index in [4.69, 9.17) is 16.1 Å². The Labute approximate surface area is 202 Å². The van der Waals surface area contributed by atoms with Crippen molar-refractivity contribution in [2.24, 2.45) is 0 Å². The first-order valence-electron chi connectivity index (χ1n) is 10.5. The van der Waals surface area contributed by atoms with E-state index >= 15 is 0 Å². The molecule has 0 spiro atoms. The highest BCUT2D eigenvalue weighted by Crippen LogP contribution is 2.40. The lowest BCUT2D eigenvalue weighted by Gasteiger charge is -2.14. The Morgan fingerprint density at radius 2 is 1.86 bits per heavy atom. The van der Waals surface area contributed by atoms with E-state index in [1.165, 1.54) is 6.20 Å². The van der Waals surface area contributed by atoms with Crippen molar-refractivity contribution < 1.29 is 22.5 Å². The number of hydrogen-bond donors (Lipinski definition) is 0. The van der Waals surface area contributed by atoms with Crippen molar-refractivity contribution in [2.75, 3.05) is 0 Å². The standard InChI is InChI=1S/C25H16ClF3N4O2/c1-14-5-10-19-17(12-14)20(21(34)23-31-24(35-32-23)18-4-2-3-11-30-18)22(25(27,28)29)33(19)13-15-6-8-16(26)9-7-15/h2-12H,13H2,1H3. The minimum absolute atomic E-state index is 0.0661. The molecule has 35 heavy (non-hydrogen) atoms. The average Bonchev–Trinajstić information content (AvgIpc) is 3.44. The molecule has 0 bridgehead atoms. The maximum absolute atomic E-state index is 14.5. The lowest BCUT2D eigenvalue weighted by molar-refractivity contribution is -0.143. The molecule has 0 amide bonds. The molecular formula is C25H16ClF3N4O2. The van der Waals surface area contributed by atoms with Crippen LogP contribution >= 0.6 is 11.6 Å². The van der Waals surface area contributed by atoms with Gasteiger partial charge in [0.05, 0.1) is 5.56 Å². The van der Waals surface area contributed by atoms with Crippen LogP contribution in [0.25, 0.3) is 22.5 Å². The van der Waals surface area contributed by atoms with Crippen LogP contribution in [0.4, 0.5) is 13.2 Å². The van der Waals surface area contributed by atoms with Gasteiger partial charge in [-0.2, -0.15) is 18.2 Å². The number of benzene rings is 2. The summed E-state index contributed by atoms with van der Waals surface area (Å²) in [6.07, 6.45) is -3.34. The summed E-state index contributed by atoms with van der Waals surface area (Å²) in [5.74, 6) is -1.54. The smallest absolute Gasteiger partial charge is 0.332 e. The minimum Gasteiger partial charge on any atom is -0.332 e. The van der Waals surface area contributed by atoms with Crippen LogP contribution in [0.5, 0.6) is 0 Å². The van der Waals surface area contributed by atoms with Crippen molar-refractivity contribution in [2.45, 2.75) is 19.6 Å². The molecule has 0 N–H and O–H groups in total. The Morgan fingerprint density at radius 1 is 1.09 bits per heavy atom. The van der Waals surface area contributed by atoms with Crippen LogP contribution in [0.1, 0.15) is 33.0 Å². The SMILES string of the molecule is Cc1ccc2c(c1)c(C(=O)c1noc(-c3ccccn3)n1)c(C(F)(F)F)n2Cc1ccc(Cl)cc1. The molecule has 0 aliphatic rings. The van der Waals surface area contributed by atoms with Crippen molar-refractivity contribution in [1.82, 2.24) is 19.7 Å². The largest absolute Gasteiger partial charge is 0.432 e. The summed E-state index contributed by atoms with van der Waals surface area (Å²) < 4.78 is 49.7. The van der Waals surface area contributed by atoms with E-state index in [0.717, 1.165) is 4.57 Å². The molecule has 5 rings (SSSR count). The second kappa shape index (κ2) is 8.66. The van der Waals surface area contributed by atoms with E-state index < -0.39 is 29.0 Å². The van der Waals surface area contributed by atoms with Gasteiger partial charge in [0.2, 0.25) is 11.6 Å². The molecule has 3 aromatic heterocycles. The molecule has 0 unspecified atom stereocenters. The average molecular weight is 497 g/mol. The Kier molecular flexibility index (Phi) is 5.64. The number of nitrogens with zero attached hydrogens (tertiary/aromatic N) is 4. The van der Waals surface area contributed by atoms with Crippen LogP contribution in [-0.2, 0) is 12.7 Å². The summed E-state index contributed by atoms with van der Waals surface area (Å²) in [7, 11) is 0. The fraction of sp³-hybridized carbons (Fsp3) is 0.120. The third-order valence-electron chi connectivity index (χ3n) is 5.48. The Bertz CT molecular complexity index is 1540. The first-order valence-corrected chi connectivity index (χ1v) is 10.8. The third-order valence-corrected chi connectivity index (χ3v) is 5.73. The molecule has 6 nitrogen and oxygen atoms in total. The molecule has 176 valence electrons. The lowest BCUT2D eigenvalue weighted by Crippen LogP contribution is -2.19. The third kappa shape index (κ3) is 4.30. The second-order valence-corrected chi connectivity index (χ2v) is 8.36. The van der Waals surface area contributed by atoms with Crippen LogP contribution < -0.4 is 0 Å². The lowest BCUT2D eigenvalue weighted by atomic mass is 10.0. The molecule has 0 atom stereocenters. The van der Waals surface area contributed by atoms with Crippen LogP contribution in [0.3, 0.4) is 0 Å². The summed E-state index contributed by atoms with van der Waals surface area (Å²) in [5.41, 5.74) is 0.242. The summed E-state index contributed by atoms with van der Waals surface area (Å²) in [5, 5.41) is 4.28. The summed E-state index contributed by atoms with van der Waals surface area (Å²) in [6.45, 7) is 1.62. The van der Waals surface area contributed by atoms with Crippen LogP contribution in [0.15, 0.2) is 71.4 Å². The van der Waals surface area contributed by atoms with Crippen LogP contribution in [0.2, 0.25) is 5.02 Å². The molecule has 0 saturated carbocycles. The van der Waals surface area contributed by atoms with Crippen molar-refractivity contribution in [3.63, 3.8) is 0 Å². The number of aryl methyl sites for hydroxylation is 1. The normalized spacial score (nSPS) is 11.8. The predicted octanol–water partition coefficient (Wildman–Crippen LogP) is 6.35. The van der Waals surface area contributed by atoms with E-state index in [9.17, 15) is 18.0 Å². The van der Waals surface area contributed by atoms with Crippen LogP contribution in [0, 0.1) is 6.92 Å². The van der Waals surface area contributed by atoms with Crippen molar-refractivity contribution in [3.05, 3.63) is 100 Å². The molecule has 0 aliphatic heterocycles.